The van der Waals surface area contributed by atoms with Crippen LogP contribution < -0.4 is 10.1 Å². The molecule has 2 N–H and O–H groups in total. The number of anilines is 1. The highest BCUT2D eigenvalue weighted by Crippen LogP contribution is 2.20. The molecule has 2 rings (SSSR count). The third-order valence-corrected chi connectivity index (χ3v) is 2.50. The topological polar surface area (TPSA) is 84.3 Å². The average molecular weight is 298 g/mol. The predicted octanol–water partition coefficient (Wildman–Crippen LogP) is 2.24. The molecular weight excluding hydrogens is 289 g/mol. The number of phenolic OH excluding ortho intramolecular Hbond substituents is 1. The van der Waals surface area contributed by atoms with E-state index in [9.17, 15) is 14.3 Å². The Morgan fingerprint density at radius 1 is 1.40 bits per heavy atom. The van der Waals surface area contributed by atoms with Crippen LogP contribution in [0.4, 0.5) is 10.3 Å². The Morgan fingerprint density at radius 3 is 2.85 bits per heavy atom. The van der Waals surface area contributed by atoms with Gasteiger partial charge in [0.2, 0.25) is 11.8 Å². The number of nitrogens with zero attached hydrogens (tertiary/aromatic N) is 2. The second-order valence-electron chi connectivity index (χ2n) is 3.67. The third kappa shape index (κ3) is 3.12. The summed E-state index contributed by atoms with van der Waals surface area (Å²) < 4.78 is 17.9. The third-order valence-electron chi connectivity index (χ3n) is 2.31. The first-order chi connectivity index (χ1) is 9.49. The average Bonchev–Trinajstić information content (AvgIpc) is 2.40. The lowest BCUT2D eigenvalue weighted by molar-refractivity contribution is 0.102. The number of benzene rings is 1. The van der Waals surface area contributed by atoms with Crippen LogP contribution in [0.3, 0.4) is 0 Å². The largest absolute Gasteiger partial charge is 0.507 e. The minimum absolute atomic E-state index is 0.0654. The fourth-order valence-corrected chi connectivity index (χ4v) is 1.59. The number of amides is 1. The fourth-order valence-electron chi connectivity index (χ4n) is 1.42. The first-order valence-electron chi connectivity index (χ1n) is 5.38. The van der Waals surface area contributed by atoms with Crippen LogP contribution >= 0.6 is 11.6 Å². The van der Waals surface area contributed by atoms with Gasteiger partial charge in [-0.25, -0.2) is 9.37 Å². The molecule has 0 saturated heterocycles. The molecule has 20 heavy (non-hydrogen) atoms. The number of phenols is 1. The molecule has 1 aromatic heterocycles. The molecule has 104 valence electrons. The highest BCUT2D eigenvalue weighted by Gasteiger charge is 2.14. The van der Waals surface area contributed by atoms with Crippen molar-refractivity contribution >= 4 is 23.5 Å². The Kier molecular flexibility index (Phi) is 3.99. The number of methoxy groups -OCH3 is 1. The smallest absolute Gasteiger partial charge is 0.261 e. The SMILES string of the molecule is COc1cc(Cl)nc(NC(=O)c2cc(F)ccc2O)n1. The summed E-state index contributed by atoms with van der Waals surface area (Å²) >= 11 is 5.72. The minimum Gasteiger partial charge on any atom is -0.507 e. The van der Waals surface area contributed by atoms with Crippen molar-refractivity contribution in [3.8, 4) is 11.6 Å². The van der Waals surface area contributed by atoms with E-state index in [1.165, 1.54) is 13.2 Å². The zero-order valence-corrected chi connectivity index (χ0v) is 11.0. The molecule has 0 aliphatic rings. The summed E-state index contributed by atoms with van der Waals surface area (Å²) in [5.74, 6) is -1.76. The van der Waals surface area contributed by atoms with Gasteiger partial charge in [-0.2, -0.15) is 4.98 Å². The van der Waals surface area contributed by atoms with E-state index in [4.69, 9.17) is 16.3 Å². The fraction of sp³-hybridized carbons (Fsp3) is 0.0833. The van der Waals surface area contributed by atoms with E-state index in [-0.39, 0.29) is 28.3 Å². The van der Waals surface area contributed by atoms with Gasteiger partial charge in [0.05, 0.1) is 12.7 Å². The van der Waals surface area contributed by atoms with Gasteiger partial charge in [0.15, 0.2) is 0 Å². The number of hydrogen-bond donors (Lipinski definition) is 2. The second kappa shape index (κ2) is 5.70. The summed E-state index contributed by atoms with van der Waals surface area (Å²) in [5.41, 5.74) is -0.243. The summed E-state index contributed by atoms with van der Waals surface area (Å²) in [6.07, 6.45) is 0. The van der Waals surface area contributed by atoms with Crippen LogP contribution in [-0.2, 0) is 0 Å². The van der Waals surface area contributed by atoms with Gasteiger partial charge in [-0.3, -0.25) is 10.1 Å². The van der Waals surface area contributed by atoms with E-state index < -0.39 is 11.7 Å². The van der Waals surface area contributed by atoms with Gasteiger partial charge in [-0.05, 0) is 18.2 Å². The van der Waals surface area contributed by atoms with Crippen LogP contribution in [0.1, 0.15) is 10.4 Å². The normalized spacial score (nSPS) is 10.2. The van der Waals surface area contributed by atoms with Crippen LogP contribution in [0.25, 0.3) is 0 Å². The molecule has 1 amide bonds. The molecule has 1 heterocycles. The van der Waals surface area contributed by atoms with Crippen molar-refractivity contribution in [3.63, 3.8) is 0 Å². The number of ether oxygens (including phenoxy) is 1. The van der Waals surface area contributed by atoms with E-state index >= 15 is 0 Å². The van der Waals surface area contributed by atoms with Gasteiger partial charge >= 0.3 is 0 Å². The van der Waals surface area contributed by atoms with Crippen molar-refractivity contribution in [2.45, 2.75) is 0 Å². The van der Waals surface area contributed by atoms with Crippen molar-refractivity contribution in [3.05, 3.63) is 40.8 Å². The summed E-state index contributed by atoms with van der Waals surface area (Å²) in [7, 11) is 1.38. The maximum absolute atomic E-state index is 13.1. The Balaban J connectivity index is 2.27. The second-order valence-corrected chi connectivity index (χ2v) is 4.06. The monoisotopic (exact) mass is 297 g/mol. The van der Waals surface area contributed by atoms with Crippen LogP contribution in [0, 0.1) is 5.82 Å². The van der Waals surface area contributed by atoms with Crippen LogP contribution in [0.2, 0.25) is 5.15 Å². The van der Waals surface area contributed by atoms with Gasteiger partial charge in [-0.15, -0.1) is 0 Å². The molecule has 1 aromatic carbocycles. The van der Waals surface area contributed by atoms with E-state index in [0.717, 1.165) is 18.2 Å². The highest BCUT2D eigenvalue weighted by molar-refractivity contribution is 6.29. The van der Waals surface area contributed by atoms with Crippen LogP contribution in [-0.4, -0.2) is 28.1 Å². The van der Waals surface area contributed by atoms with Gasteiger partial charge in [0.1, 0.15) is 16.7 Å². The van der Waals surface area contributed by atoms with E-state index in [2.05, 4.69) is 15.3 Å². The first kappa shape index (κ1) is 14.0. The van der Waals surface area contributed by atoms with E-state index in [1.54, 1.807) is 0 Å². The molecule has 0 saturated carbocycles. The van der Waals surface area contributed by atoms with Gasteiger partial charge in [0.25, 0.3) is 5.91 Å². The predicted molar refractivity (Wildman–Crippen MR) is 69.6 cm³/mol. The molecule has 0 radical (unpaired) electrons. The van der Waals surface area contributed by atoms with Crippen molar-refractivity contribution in [1.29, 1.82) is 0 Å². The molecule has 8 heteroatoms. The van der Waals surface area contributed by atoms with Crippen LogP contribution in [0.15, 0.2) is 24.3 Å². The number of halogens is 2. The molecular formula is C12H9ClFN3O3. The van der Waals surface area contributed by atoms with Gasteiger partial charge < -0.3 is 9.84 Å². The maximum atomic E-state index is 13.1. The molecule has 0 bridgehead atoms. The standard InChI is InChI=1S/C12H9ClFN3O3/c1-20-10-5-9(13)15-12(16-10)17-11(19)7-4-6(14)2-3-8(7)18/h2-5,18H,1H3,(H,15,16,17,19). The molecule has 0 unspecified atom stereocenters. The lowest BCUT2D eigenvalue weighted by Gasteiger charge is -2.07. The zero-order chi connectivity index (χ0) is 14.7. The van der Waals surface area contributed by atoms with Gasteiger partial charge in [0, 0.05) is 6.07 Å². The lowest BCUT2D eigenvalue weighted by atomic mass is 10.2. The molecule has 6 nitrogen and oxygen atoms in total. The number of aromatic nitrogens is 2. The summed E-state index contributed by atoms with van der Waals surface area (Å²) in [6, 6.07) is 4.36. The molecule has 0 spiro atoms. The van der Waals surface area contributed by atoms with Crippen molar-refractivity contribution in [2.24, 2.45) is 0 Å². The number of carbonyl (C=O) groups excluding carboxylic acids is 1. The van der Waals surface area contributed by atoms with Gasteiger partial charge in [-0.1, -0.05) is 11.6 Å². The number of hydrogen-bond acceptors (Lipinski definition) is 5. The Labute approximate surface area is 118 Å². The number of nitrogens with one attached hydrogen (secondary N) is 1. The number of rotatable bonds is 3. The van der Waals surface area contributed by atoms with Crippen LogP contribution in [0.5, 0.6) is 11.6 Å². The molecule has 0 fully saturated rings. The Hall–Kier alpha value is -2.41. The highest BCUT2D eigenvalue weighted by atomic mass is 35.5. The quantitative estimate of drug-likeness (QED) is 0.849. The summed E-state index contributed by atoms with van der Waals surface area (Å²) in [4.78, 5) is 19.5. The number of aromatic hydroxyl groups is 1. The van der Waals surface area contributed by atoms with Crippen molar-refractivity contribution < 1.29 is 19.0 Å². The van der Waals surface area contributed by atoms with E-state index in [0.29, 0.717) is 0 Å². The molecule has 0 aliphatic heterocycles. The zero-order valence-electron chi connectivity index (χ0n) is 10.2. The number of carbonyl (C=O) groups is 1. The summed E-state index contributed by atoms with van der Waals surface area (Å²) in [5, 5.41) is 11.9. The first-order valence-corrected chi connectivity index (χ1v) is 5.76. The molecule has 0 atom stereocenters. The van der Waals surface area contributed by atoms with Crippen molar-refractivity contribution in [1.82, 2.24) is 9.97 Å². The van der Waals surface area contributed by atoms with Crippen molar-refractivity contribution in [2.75, 3.05) is 12.4 Å². The Bertz CT molecular complexity index is 666. The minimum atomic E-state index is -0.772. The molecule has 2 aromatic rings. The van der Waals surface area contributed by atoms with E-state index in [1.807, 2.05) is 0 Å². The summed E-state index contributed by atoms with van der Waals surface area (Å²) in [6.45, 7) is 0. The maximum Gasteiger partial charge on any atom is 0.261 e. The molecule has 0 aliphatic carbocycles. The lowest BCUT2D eigenvalue weighted by Crippen LogP contribution is -2.15. The Morgan fingerprint density at radius 2 is 2.15 bits per heavy atom.